The summed E-state index contributed by atoms with van der Waals surface area (Å²) in [6.45, 7) is 0.785. The van der Waals surface area contributed by atoms with Crippen LogP contribution < -0.4 is 11.6 Å². The number of nitrogens with zero attached hydrogens (tertiary/aromatic N) is 1. The molecule has 4 N–H and O–H groups in total. The van der Waals surface area contributed by atoms with Crippen molar-refractivity contribution in [2.45, 2.75) is 18.9 Å². The largest absolute Gasteiger partial charge is 0.368 e. The predicted octanol–water partition coefficient (Wildman–Crippen LogP) is -1.19. The van der Waals surface area contributed by atoms with Gasteiger partial charge in [0.2, 0.25) is 5.91 Å². The topological polar surface area (TPSA) is 72.4 Å². The molecule has 0 spiro atoms. The standard InChI is InChI=1S/C5H11N3O/c6-5(9)4-2-1-3-8(4)7/h4H,1-3,7H2,(H2,6,9). The summed E-state index contributed by atoms with van der Waals surface area (Å²) in [5, 5.41) is 1.50. The zero-order valence-electron chi connectivity index (χ0n) is 5.21. The van der Waals surface area contributed by atoms with Gasteiger partial charge in [0, 0.05) is 6.54 Å². The zero-order chi connectivity index (χ0) is 6.85. The molecule has 0 bridgehead atoms. The van der Waals surface area contributed by atoms with Crippen molar-refractivity contribution in [2.75, 3.05) is 6.54 Å². The van der Waals surface area contributed by atoms with Crippen LogP contribution >= 0.6 is 0 Å². The minimum Gasteiger partial charge on any atom is -0.368 e. The molecular formula is C5H11N3O. The lowest BCUT2D eigenvalue weighted by molar-refractivity contribution is -0.122. The van der Waals surface area contributed by atoms with Gasteiger partial charge in [-0.15, -0.1) is 0 Å². The molecule has 1 fully saturated rings. The van der Waals surface area contributed by atoms with Crippen LogP contribution in [0.3, 0.4) is 0 Å². The van der Waals surface area contributed by atoms with Gasteiger partial charge < -0.3 is 5.73 Å². The van der Waals surface area contributed by atoms with E-state index < -0.39 is 0 Å². The van der Waals surface area contributed by atoms with E-state index in [1.807, 2.05) is 0 Å². The highest BCUT2D eigenvalue weighted by molar-refractivity contribution is 5.79. The number of amides is 1. The molecule has 0 radical (unpaired) electrons. The van der Waals surface area contributed by atoms with E-state index in [0.29, 0.717) is 0 Å². The minimum atomic E-state index is -0.310. The first-order valence-electron chi connectivity index (χ1n) is 3.02. The molecule has 1 aliphatic rings. The van der Waals surface area contributed by atoms with Gasteiger partial charge in [-0.2, -0.15) is 0 Å². The number of carbonyl (C=O) groups is 1. The molecule has 1 heterocycles. The average Bonchev–Trinajstić information content (AvgIpc) is 2.13. The summed E-state index contributed by atoms with van der Waals surface area (Å²) in [5.41, 5.74) is 5.03. The molecular weight excluding hydrogens is 118 g/mol. The van der Waals surface area contributed by atoms with Crippen LogP contribution in [-0.4, -0.2) is 23.5 Å². The third-order valence-electron chi connectivity index (χ3n) is 1.62. The minimum absolute atomic E-state index is 0.218. The lowest BCUT2D eigenvalue weighted by atomic mass is 10.2. The molecule has 1 amide bonds. The van der Waals surface area contributed by atoms with Crippen LogP contribution in [0.1, 0.15) is 12.8 Å². The summed E-state index contributed by atoms with van der Waals surface area (Å²) >= 11 is 0. The maximum absolute atomic E-state index is 10.5. The first-order chi connectivity index (χ1) is 4.22. The molecule has 9 heavy (non-hydrogen) atoms. The number of hydrogen-bond donors (Lipinski definition) is 2. The van der Waals surface area contributed by atoms with Gasteiger partial charge in [0.05, 0.1) is 0 Å². The van der Waals surface area contributed by atoms with Gasteiger partial charge in [-0.05, 0) is 12.8 Å². The van der Waals surface area contributed by atoms with Crippen molar-refractivity contribution in [1.29, 1.82) is 0 Å². The summed E-state index contributed by atoms with van der Waals surface area (Å²) in [6, 6.07) is -0.218. The third kappa shape index (κ3) is 1.20. The van der Waals surface area contributed by atoms with Gasteiger partial charge in [-0.1, -0.05) is 0 Å². The molecule has 0 aromatic rings. The third-order valence-corrected chi connectivity index (χ3v) is 1.62. The van der Waals surface area contributed by atoms with E-state index in [1.54, 1.807) is 0 Å². The van der Waals surface area contributed by atoms with Gasteiger partial charge in [0.15, 0.2) is 0 Å². The Kier molecular flexibility index (Phi) is 1.68. The van der Waals surface area contributed by atoms with Crippen molar-refractivity contribution in [2.24, 2.45) is 11.6 Å². The lowest BCUT2D eigenvalue weighted by Crippen LogP contribution is -2.44. The van der Waals surface area contributed by atoms with Gasteiger partial charge in [-0.3, -0.25) is 10.6 Å². The molecule has 1 atom stereocenters. The lowest BCUT2D eigenvalue weighted by Gasteiger charge is -2.13. The second-order valence-corrected chi connectivity index (χ2v) is 2.30. The summed E-state index contributed by atoms with van der Waals surface area (Å²) in [4.78, 5) is 10.5. The molecule has 4 heteroatoms. The van der Waals surface area contributed by atoms with Crippen LogP contribution in [0, 0.1) is 0 Å². The first kappa shape index (κ1) is 6.51. The van der Waals surface area contributed by atoms with Crippen molar-refractivity contribution < 1.29 is 4.79 Å². The summed E-state index contributed by atoms with van der Waals surface area (Å²) in [5.74, 6) is 5.10. The highest BCUT2D eigenvalue weighted by Crippen LogP contribution is 2.11. The van der Waals surface area contributed by atoms with Crippen LogP contribution in [0.25, 0.3) is 0 Å². The number of hydrazine groups is 1. The average molecular weight is 129 g/mol. The van der Waals surface area contributed by atoms with Gasteiger partial charge in [0.25, 0.3) is 0 Å². The molecule has 1 saturated heterocycles. The smallest absolute Gasteiger partial charge is 0.236 e. The van der Waals surface area contributed by atoms with Gasteiger partial charge in [0.1, 0.15) is 6.04 Å². The van der Waals surface area contributed by atoms with Crippen molar-refractivity contribution in [3.63, 3.8) is 0 Å². The number of rotatable bonds is 1. The van der Waals surface area contributed by atoms with Crippen molar-refractivity contribution in [3.8, 4) is 0 Å². The monoisotopic (exact) mass is 129 g/mol. The Hall–Kier alpha value is -0.610. The fourth-order valence-corrected chi connectivity index (χ4v) is 1.09. The number of nitrogens with two attached hydrogens (primary N) is 2. The Morgan fingerprint density at radius 2 is 2.33 bits per heavy atom. The van der Waals surface area contributed by atoms with Crippen LogP contribution in [0.2, 0.25) is 0 Å². The molecule has 4 nitrogen and oxygen atoms in total. The van der Waals surface area contributed by atoms with E-state index in [4.69, 9.17) is 11.6 Å². The maximum Gasteiger partial charge on any atom is 0.236 e. The maximum atomic E-state index is 10.5. The van der Waals surface area contributed by atoms with E-state index in [9.17, 15) is 4.79 Å². The number of hydrogen-bond acceptors (Lipinski definition) is 3. The normalized spacial score (nSPS) is 28.8. The Labute approximate surface area is 53.8 Å². The zero-order valence-corrected chi connectivity index (χ0v) is 5.21. The van der Waals surface area contributed by atoms with Gasteiger partial charge in [-0.25, -0.2) is 5.01 Å². The van der Waals surface area contributed by atoms with Crippen molar-refractivity contribution in [3.05, 3.63) is 0 Å². The van der Waals surface area contributed by atoms with E-state index in [0.717, 1.165) is 19.4 Å². The number of primary amides is 1. The molecule has 1 rings (SSSR count). The Morgan fingerprint density at radius 1 is 1.67 bits per heavy atom. The quantitative estimate of drug-likeness (QED) is 0.437. The van der Waals surface area contributed by atoms with E-state index in [2.05, 4.69) is 0 Å². The molecule has 1 unspecified atom stereocenters. The van der Waals surface area contributed by atoms with E-state index >= 15 is 0 Å². The summed E-state index contributed by atoms with van der Waals surface area (Å²) in [7, 11) is 0. The first-order valence-corrected chi connectivity index (χ1v) is 3.02. The van der Waals surface area contributed by atoms with Gasteiger partial charge >= 0.3 is 0 Å². The van der Waals surface area contributed by atoms with Crippen LogP contribution in [0.15, 0.2) is 0 Å². The second kappa shape index (κ2) is 2.33. The molecule has 1 aliphatic heterocycles. The second-order valence-electron chi connectivity index (χ2n) is 2.30. The Morgan fingerprint density at radius 3 is 2.56 bits per heavy atom. The molecule has 0 aromatic carbocycles. The highest BCUT2D eigenvalue weighted by Gasteiger charge is 2.25. The molecule has 0 saturated carbocycles. The van der Waals surface area contributed by atoms with Crippen LogP contribution in [-0.2, 0) is 4.79 Å². The van der Waals surface area contributed by atoms with E-state index in [1.165, 1.54) is 5.01 Å². The van der Waals surface area contributed by atoms with Crippen LogP contribution in [0.5, 0.6) is 0 Å². The fraction of sp³-hybridized carbons (Fsp3) is 0.800. The summed E-state index contributed by atoms with van der Waals surface area (Å²) < 4.78 is 0. The molecule has 0 aliphatic carbocycles. The fourth-order valence-electron chi connectivity index (χ4n) is 1.09. The van der Waals surface area contributed by atoms with Crippen molar-refractivity contribution >= 4 is 5.91 Å². The predicted molar refractivity (Wildman–Crippen MR) is 33.1 cm³/mol. The summed E-state index contributed by atoms with van der Waals surface area (Å²) in [6.07, 6.45) is 1.79. The van der Waals surface area contributed by atoms with E-state index in [-0.39, 0.29) is 11.9 Å². The SMILES string of the molecule is NC(=O)C1CCCN1N. The number of carbonyl (C=O) groups excluding carboxylic acids is 1. The Bertz CT molecular complexity index is 125. The van der Waals surface area contributed by atoms with Crippen molar-refractivity contribution in [1.82, 2.24) is 5.01 Å². The molecule has 0 aromatic heterocycles. The Balaban J connectivity index is 2.49. The molecule has 52 valence electrons. The highest BCUT2D eigenvalue weighted by atomic mass is 16.1. The van der Waals surface area contributed by atoms with Crippen LogP contribution in [0.4, 0.5) is 0 Å².